The van der Waals surface area contributed by atoms with Gasteiger partial charge in [0.2, 0.25) is 0 Å². The monoisotopic (exact) mass is 261 g/mol. The van der Waals surface area contributed by atoms with Gasteiger partial charge in [-0.25, -0.2) is 0 Å². The molecule has 0 bridgehead atoms. The zero-order valence-electron chi connectivity index (χ0n) is 10.6. The summed E-state index contributed by atoms with van der Waals surface area (Å²) in [5.74, 6) is 0. The number of aromatic amines is 1. The third-order valence-electron chi connectivity index (χ3n) is 3.38. The molecule has 4 nitrogen and oxygen atoms in total. The molecule has 2 aromatic heterocycles. The number of H-pyrrole nitrogens is 1. The average Bonchev–Trinajstić information content (AvgIpc) is 2.84. The Labute approximate surface area is 114 Å². The molecule has 4 rings (SSSR count). The van der Waals surface area contributed by atoms with E-state index in [9.17, 15) is 4.79 Å². The van der Waals surface area contributed by atoms with Crippen molar-refractivity contribution < 1.29 is 0 Å². The van der Waals surface area contributed by atoms with E-state index in [1.54, 1.807) is 6.07 Å². The van der Waals surface area contributed by atoms with Crippen molar-refractivity contribution in [1.29, 1.82) is 0 Å². The maximum absolute atomic E-state index is 12.2. The smallest absolute Gasteiger partial charge is 0.273 e. The molecule has 0 spiro atoms. The molecule has 96 valence electrons. The lowest BCUT2D eigenvalue weighted by atomic mass is 10.2. The van der Waals surface area contributed by atoms with Crippen LogP contribution in [0.25, 0.3) is 27.6 Å². The number of fused-ring (bicyclic) bond motifs is 3. The second-order valence-corrected chi connectivity index (χ2v) is 4.66. The Kier molecular flexibility index (Phi) is 2.23. The standard InChI is InChI=1S/C16H11N3O/c20-15-10-14-16(12-8-4-5-9-13(12)17-14)18-19(15)11-6-2-1-3-7-11/h1-10,17H. The summed E-state index contributed by atoms with van der Waals surface area (Å²) in [5.41, 5.74) is 3.19. The molecule has 0 fully saturated rings. The SMILES string of the molecule is O=c1cc2[nH]c3ccccc3c2nn1-c1ccccc1. The molecule has 4 aromatic rings. The molecule has 1 N–H and O–H groups in total. The molecule has 0 saturated carbocycles. The van der Waals surface area contributed by atoms with Crippen molar-refractivity contribution in [1.82, 2.24) is 14.8 Å². The van der Waals surface area contributed by atoms with Crippen molar-refractivity contribution in [2.45, 2.75) is 0 Å². The van der Waals surface area contributed by atoms with Gasteiger partial charge in [0.1, 0.15) is 5.52 Å². The lowest BCUT2D eigenvalue weighted by Gasteiger charge is -2.03. The summed E-state index contributed by atoms with van der Waals surface area (Å²) in [5, 5.41) is 5.53. The topological polar surface area (TPSA) is 50.7 Å². The summed E-state index contributed by atoms with van der Waals surface area (Å²) in [4.78, 5) is 15.4. The molecule has 0 unspecified atom stereocenters. The molecular weight excluding hydrogens is 250 g/mol. The van der Waals surface area contributed by atoms with E-state index in [-0.39, 0.29) is 5.56 Å². The van der Waals surface area contributed by atoms with Crippen molar-refractivity contribution in [2.75, 3.05) is 0 Å². The molecule has 2 heterocycles. The van der Waals surface area contributed by atoms with Crippen LogP contribution in [0.15, 0.2) is 65.5 Å². The zero-order chi connectivity index (χ0) is 13.5. The molecule has 0 saturated heterocycles. The first-order valence-corrected chi connectivity index (χ1v) is 6.39. The Morgan fingerprint density at radius 1 is 0.900 bits per heavy atom. The maximum atomic E-state index is 12.2. The van der Waals surface area contributed by atoms with Crippen molar-refractivity contribution in [2.24, 2.45) is 0 Å². The first-order chi connectivity index (χ1) is 9.83. The first-order valence-electron chi connectivity index (χ1n) is 6.39. The molecule has 0 radical (unpaired) electrons. The molecule has 0 aliphatic heterocycles. The fourth-order valence-corrected chi connectivity index (χ4v) is 2.45. The van der Waals surface area contributed by atoms with Crippen molar-refractivity contribution in [3.05, 3.63) is 71.0 Å². The number of para-hydroxylation sites is 2. The van der Waals surface area contributed by atoms with Crippen LogP contribution < -0.4 is 5.56 Å². The highest BCUT2D eigenvalue weighted by Crippen LogP contribution is 2.22. The van der Waals surface area contributed by atoms with Gasteiger partial charge in [0.15, 0.2) is 0 Å². The first kappa shape index (κ1) is 11.0. The predicted molar refractivity (Wildman–Crippen MR) is 79.2 cm³/mol. The Hall–Kier alpha value is -2.88. The predicted octanol–water partition coefficient (Wildman–Crippen LogP) is 2.87. The fourth-order valence-electron chi connectivity index (χ4n) is 2.45. The second-order valence-electron chi connectivity index (χ2n) is 4.66. The van der Waals surface area contributed by atoms with Crippen molar-refractivity contribution in [3.63, 3.8) is 0 Å². The normalized spacial score (nSPS) is 11.2. The van der Waals surface area contributed by atoms with E-state index in [0.29, 0.717) is 0 Å². The highest BCUT2D eigenvalue weighted by molar-refractivity contribution is 6.04. The zero-order valence-corrected chi connectivity index (χ0v) is 10.6. The number of nitrogens with zero attached hydrogens (tertiary/aromatic N) is 2. The molecule has 0 aliphatic rings. The third kappa shape index (κ3) is 1.55. The largest absolute Gasteiger partial charge is 0.353 e. The Bertz CT molecular complexity index is 967. The molecule has 4 heteroatoms. The molecule has 0 atom stereocenters. The number of hydrogen-bond donors (Lipinski definition) is 1. The minimum absolute atomic E-state index is 0.143. The lowest BCUT2D eigenvalue weighted by molar-refractivity contribution is 0.833. The van der Waals surface area contributed by atoms with Gasteiger partial charge in [-0.15, -0.1) is 0 Å². The van der Waals surface area contributed by atoms with Gasteiger partial charge in [-0.3, -0.25) is 4.79 Å². The van der Waals surface area contributed by atoms with Crippen LogP contribution in [0.1, 0.15) is 0 Å². The van der Waals surface area contributed by atoms with Gasteiger partial charge in [0.05, 0.1) is 11.2 Å². The summed E-state index contributed by atoms with van der Waals surface area (Å²) in [7, 11) is 0. The van der Waals surface area contributed by atoms with E-state index >= 15 is 0 Å². The Morgan fingerprint density at radius 3 is 2.50 bits per heavy atom. The van der Waals surface area contributed by atoms with Gasteiger partial charge < -0.3 is 4.98 Å². The van der Waals surface area contributed by atoms with E-state index < -0.39 is 0 Å². The summed E-state index contributed by atoms with van der Waals surface area (Å²) in [6.45, 7) is 0. The summed E-state index contributed by atoms with van der Waals surface area (Å²) in [6, 6.07) is 18.9. The summed E-state index contributed by atoms with van der Waals surface area (Å²) < 4.78 is 1.43. The molecule has 20 heavy (non-hydrogen) atoms. The van der Waals surface area contributed by atoms with E-state index in [2.05, 4.69) is 10.1 Å². The number of nitrogens with one attached hydrogen (secondary N) is 1. The van der Waals surface area contributed by atoms with Gasteiger partial charge in [-0.05, 0) is 18.2 Å². The lowest BCUT2D eigenvalue weighted by Crippen LogP contribution is -2.19. The summed E-state index contributed by atoms with van der Waals surface area (Å²) >= 11 is 0. The average molecular weight is 261 g/mol. The van der Waals surface area contributed by atoms with Gasteiger partial charge in [-0.1, -0.05) is 36.4 Å². The number of rotatable bonds is 1. The fraction of sp³-hybridized carbons (Fsp3) is 0. The Morgan fingerprint density at radius 2 is 1.65 bits per heavy atom. The van der Waals surface area contributed by atoms with Crippen LogP contribution in [0.5, 0.6) is 0 Å². The van der Waals surface area contributed by atoms with Crippen LogP contribution in [0.3, 0.4) is 0 Å². The molecule has 2 aromatic carbocycles. The maximum Gasteiger partial charge on any atom is 0.273 e. The minimum Gasteiger partial charge on any atom is -0.353 e. The van der Waals surface area contributed by atoms with Crippen LogP contribution in [0.2, 0.25) is 0 Å². The van der Waals surface area contributed by atoms with Gasteiger partial charge in [0.25, 0.3) is 5.56 Å². The van der Waals surface area contributed by atoms with Gasteiger partial charge >= 0.3 is 0 Å². The van der Waals surface area contributed by atoms with E-state index in [0.717, 1.165) is 27.6 Å². The molecular formula is C16H11N3O. The van der Waals surface area contributed by atoms with Gasteiger partial charge in [-0.2, -0.15) is 9.78 Å². The van der Waals surface area contributed by atoms with Crippen LogP contribution in [-0.2, 0) is 0 Å². The number of benzene rings is 2. The third-order valence-corrected chi connectivity index (χ3v) is 3.38. The van der Waals surface area contributed by atoms with Crippen molar-refractivity contribution in [3.8, 4) is 5.69 Å². The van der Waals surface area contributed by atoms with Crippen LogP contribution in [-0.4, -0.2) is 14.8 Å². The number of hydrogen-bond acceptors (Lipinski definition) is 2. The van der Waals surface area contributed by atoms with Crippen LogP contribution >= 0.6 is 0 Å². The van der Waals surface area contributed by atoms with Crippen LogP contribution in [0.4, 0.5) is 0 Å². The quantitative estimate of drug-likeness (QED) is 0.572. The highest BCUT2D eigenvalue weighted by Gasteiger charge is 2.09. The Balaban J connectivity index is 2.11. The second kappa shape index (κ2) is 4.06. The molecule has 0 amide bonds. The van der Waals surface area contributed by atoms with Gasteiger partial charge in [0, 0.05) is 17.0 Å². The number of aromatic nitrogens is 3. The minimum atomic E-state index is -0.143. The highest BCUT2D eigenvalue weighted by atomic mass is 16.1. The van der Waals surface area contributed by atoms with Crippen molar-refractivity contribution >= 4 is 21.9 Å². The summed E-state index contributed by atoms with van der Waals surface area (Å²) in [6.07, 6.45) is 0. The van der Waals surface area contributed by atoms with E-state index in [1.807, 2.05) is 54.6 Å². The van der Waals surface area contributed by atoms with E-state index in [4.69, 9.17) is 0 Å². The van der Waals surface area contributed by atoms with Crippen LogP contribution in [0, 0.1) is 0 Å². The van der Waals surface area contributed by atoms with E-state index in [1.165, 1.54) is 4.68 Å². The molecule has 0 aliphatic carbocycles.